The summed E-state index contributed by atoms with van der Waals surface area (Å²) in [7, 11) is 0. The molecule has 1 aromatic rings. The zero-order chi connectivity index (χ0) is 8.97. The van der Waals surface area contributed by atoms with E-state index >= 15 is 0 Å². The summed E-state index contributed by atoms with van der Waals surface area (Å²) in [5.74, 6) is -0.382. The van der Waals surface area contributed by atoms with Gasteiger partial charge in [0, 0.05) is 5.56 Å². The van der Waals surface area contributed by atoms with Crippen molar-refractivity contribution >= 4 is 5.91 Å². The highest BCUT2D eigenvalue weighted by Crippen LogP contribution is 2.08. The van der Waals surface area contributed by atoms with Crippen LogP contribution < -0.4 is 11.9 Å². The van der Waals surface area contributed by atoms with E-state index in [1.807, 2.05) is 12.1 Å². The smallest absolute Gasteiger partial charge is 0.248 e. The molecule has 0 aromatic heterocycles. The molecule has 3 heteroatoms. The van der Waals surface area contributed by atoms with Crippen LogP contribution >= 0.6 is 0 Å². The standard InChI is InChI=1S/C10H11NO.H3N/c1-2-5-8-6-3-4-7-9(8)10(11)12;/h2-4,6-7H,1,5H2,(H2,11,12);1H3. The predicted molar refractivity (Wildman–Crippen MR) is 53.9 cm³/mol. The molecule has 0 aliphatic carbocycles. The number of allylic oxidation sites excluding steroid dienone is 1. The van der Waals surface area contributed by atoms with E-state index in [4.69, 9.17) is 5.73 Å². The molecule has 0 spiro atoms. The SMILES string of the molecule is C=CCc1ccccc1C(N)=O.N. The van der Waals surface area contributed by atoms with E-state index in [2.05, 4.69) is 6.58 Å². The first-order valence-electron chi connectivity index (χ1n) is 3.74. The Morgan fingerprint density at radius 3 is 2.62 bits per heavy atom. The van der Waals surface area contributed by atoms with Gasteiger partial charge in [-0.25, -0.2) is 0 Å². The number of hydrogen-bond donors (Lipinski definition) is 2. The molecule has 0 heterocycles. The van der Waals surface area contributed by atoms with Crippen LogP contribution in [-0.2, 0) is 6.42 Å². The van der Waals surface area contributed by atoms with E-state index in [0.717, 1.165) is 5.56 Å². The third-order valence-corrected chi connectivity index (χ3v) is 1.65. The van der Waals surface area contributed by atoms with E-state index in [0.29, 0.717) is 12.0 Å². The fourth-order valence-corrected chi connectivity index (χ4v) is 1.09. The van der Waals surface area contributed by atoms with Crippen molar-refractivity contribution < 1.29 is 4.79 Å². The van der Waals surface area contributed by atoms with Crippen molar-refractivity contribution in [2.75, 3.05) is 0 Å². The van der Waals surface area contributed by atoms with Crippen LogP contribution in [0.1, 0.15) is 15.9 Å². The normalized spacial score (nSPS) is 8.62. The first-order valence-corrected chi connectivity index (χ1v) is 3.74. The van der Waals surface area contributed by atoms with Crippen LogP contribution in [0.4, 0.5) is 0 Å². The summed E-state index contributed by atoms with van der Waals surface area (Å²) in [5, 5.41) is 0. The summed E-state index contributed by atoms with van der Waals surface area (Å²) in [6, 6.07) is 7.28. The molecule has 0 saturated heterocycles. The zero-order valence-corrected chi connectivity index (χ0v) is 7.49. The summed E-state index contributed by atoms with van der Waals surface area (Å²) >= 11 is 0. The maximum Gasteiger partial charge on any atom is 0.248 e. The van der Waals surface area contributed by atoms with Gasteiger partial charge in [0.25, 0.3) is 0 Å². The molecule has 0 bridgehead atoms. The first-order chi connectivity index (χ1) is 5.75. The second-order valence-electron chi connectivity index (χ2n) is 2.51. The van der Waals surface area contributed by atoms with Crippen LogP contribution in [0.2, 0.25) is 0 Å². The highest BCUT2D eigenvalue weighted by Gasteiger charge is 2.04. The minimum Gasteiger partial charge on any atom is -0.366 e. The second kappa shape index (κ2) is 5.11. The lowest BCUT2D eigenvalue weighted by atomic mass is 10.0. The number of carbonyl (C=O) groups is 1. The van der Waals surface area contributed by atoms with Crippen molar-refractivity contribution in [2.24, 2.45) is 5.73 Å². The van der Waals surface area contributed by atoms with Crippen LogP contribution in [0.25, 0.3) is 0 Å². The van der Waals surface area contributed by atoms with Gasteiger partial charge in [-0.3, -0.25) is 4.79 Å². The van der Waals surface area contributed by atoms with E-state index in [1.165, 1.54) is 0 Å². The number of carbonyl (C=O) groups excluding carboxylic acids is 1. The van der Waals surface area contributed by atoms with E-state index in [1.54, 1.807) is 18.2 Å². The molecule has 0 unspecified atom stereocenters. The van der Waals surface area contributed by atoms with Crippen LogP contribution in [0.5, 0.6) is 0 Å². The number of amides is 1. The van der Waals surface area contributed by atoms with Crippen molar-refractivity contribution in [2.45, 2.75) is 6.42 Å². The molecule has 70 valence electrons. The summed E-state index contributed by atoms with van der Waals surface area (Å²) < 4.78 is 0. The summed E-state index contributed by atoms with van der Waals surface area (Å²) in [4.78, 5) is 10.9. The van der Waals surface area contributed by atoms with E-state index in [-0.39, 0.29) is 12.1 Å². The number of primary amides is 1. The Bertz CT molecular complexity index is 308. The highest BCUT2D eigenvalue weighted by molar-refractivity contribution is 5.94. The van der Waals surface area contributed by atoms with Gasteiger partial charge in [0.05, 0.1) is 0 Å². The Balaban J connectivity index is 0.00000144. The number of hydrogen-bond acceptors (Lipinski definition) is 2. The summed E-state index contributed by atoms with van der Waals surface area (Å²) in [6.45, 7) is 3.60. The van der Waals surface area contributed by atoms with Crippen LogP contribution in [0.15, 0.2) is 36.9 Å². The summed E-state index contributed by atoms with van der Waals surface area (Å²) in [5.41, 5.74) is 6.68. The highest BCUT2D eigenvalue weighted by atomic mass is 16.1. The van der Waals surface area contributed by atoms with Crippen molar-refractivity contribution in [3.8, 4) is 0 Å². The number of rotatable bonds is 3. The number of nitrogens with two attached hydrogens (primary N) is 1. The first kappa shape index (κ1) is 11.4. The molecule has 0 aliphatic rings. The van der Waals surface area contributed by atoms with Gasteiger partial charge in [-0.15, -0.1) is 6.58 Å². The maximum atomic E-state index is 10.9. The molecule has 3 nitrogen and oxygen atoms in total. The fraction of sp³-hybridized carbons (Fsp3) is 0.100. The van der Waals surface area contributed by atoms with Crippen LogP contribution in [-0.4, -0.2) is 5.91 Å². The average molecular weight is 178 g/mol. The van der Waals surface area contributed by atoms with Gasteiger partial charge in [-0.1, -0.05) is 24.3 Å². The van der Waals surface area contributed by atoms with Crippen molar-refractivity contribution in [3.05, 3.63) is 48.0 Å². The lowest BCUT2D eigenvalue weighted by molar-refractivity contribution is 0.0999. The Morgan fingerprint density at radius 1 is 1.46 bits per heavy atom. The van der Waals surface area contributed by atoms with Gasteiger partial charge >= 0.3 is 0 Å². The summed E-state index contributed by atoms with van der Waals surface area (Å²) in [6.07, 6.45) is 2.43. The van der Waals surface area contributed by atoms with Crippen LogP contribution in [0, 0.1) is 0 Å². The lowest BCUT2D eigenvalue weighted by Gasteiger charge is -2.01. The fourth-order valence-electron chi connectivity index (χ4n) is 1.09. The molecule has 0 fully saturated rings. The number of benzene rings is 1. The van der Waals surface area contributed by atoms with Gasteiger partial charge in [-0.05, 0) is 18.1 Å². The maximum absolute atomic E-state index is 10.9. The minimum absolute atomic E-state index is 0. The van der Waals surface area contributed by atoms with Gasteiger partial charge in [0.2, 0.25) is 5.91 Å². The zero-order valence-electron chi connectivity index (χ0n) is 7.49. The van der Waals surface area contributed by atoms with E-state index < -0.39 is 0 Å². The molecule has 5 N–H and O–H groups in total. The average Bonchev–Trinajstić information content (AvgIpc) is 2.05. The molecule has 0 atom stereocenters. The Labute approximate surface area is 77.8 Å². The lowest BCUT2D eigenvalue weighted by Crippen LogP contribution is -2.13. The third kappa shape index (κ3) is 2.72. The molecule has 0 radical (unpaired) electrons. The third-order valence-electron chi connectivity index (χ3n) is 1.65. The quantitative estimate of drug-likeness (QED) is 0.690. The van der Waals surface area contributed by atoms with Gasteiger partial charge in [-0.2, -0.15) is 0 Å². The molecular formula is C10H14N2O. The van der Waals surface area contributed by atoms with Gasteiger partial charge < -0.3 is 11.9 Å². The molecule has 1 amide bonds. The van der Waals surface area contributed by atoms with Crippen LogP contribution in [0.3, 0.4) is 0 Å². The Morgan fingerprint density at radius 2 is 2.08 bits per heavy atom. The monoisotopic (exact) mass is 178 g/mol. The van der Waals surface area contributed by atoms with Crippen molar-refractivity contribution in [1.82, 2.24) is 6.15 Å². The molecule has 0 aliphatic heterocycles. The molecule has 0 saturated carbocycles. The Hall–Kier alpha value is -1.61. The molecule has 13 heavy (non-hydrogen) atoms. The van der Waals surface area contributed by atoms with Crippen molar-refractivity contribution in [1.29, 1.82) is 0 Å². The largest absolute Gasteiger partial charge is 0.366 e. The second-order valence-corrected chi connectivity index (χ2v) is 2.51. The topological polar surface area (TPSA) is 78.1 Å². The van der Waals surface area contributed by atoms with Crippen molar-refractivity contribution in [3.63, 3.8) is 0 Å². The minimum atomic E-state index is -0.382. The predicted octanol–water partition coefficient (Wildman–Crippen LogP) is 1.68. The molecule has 1 rings (SSSR count). The van der Waals surface area contributed by atoms with Gasteiger partial charge in [0.1, 0.15) is 0 Å². The van der Waals surface area contributed by atoms with E-state index in [9.17, 15) is 4.79 Å². The molecule has 1 aromatic carbocycles. The Kier molecular flexibility index (Phi) is 4.48. The molecular weight excluding hydrogens is 164 g/mol. The van der Waals surface area contributed by atoms with Gasteiger partial charge in [0.15, 0.2) is 0 Å².